The average Bonchev–Trinajstić information content (AvgIpc) is 2.54. The molecule has 0 fully saturated rings. The van der Waals surface area contributed by atoms with Gasteiger partial charge in [-0.1, -0.05) is 48.5 Å². The first-order valence-electron chi connectivity index (χ1n) is 6.59. The van der Waals surface area contributed by atoms with E-state index in [4.69, 9.17) is 4.84 Å². The van der Waals surface area contributed by atoms with Gasteiger partial charge in [-0.15, -0.1) is 0 Å². The Morgan fingerprint density at radius 2 is 1.52 bits per heavy atom. The number of urea groups is 1. The van der Waals surface area contributed by atoms with Gasteiger partial charge in [-0.3, -0.25) is 0 Å². The van der Waals surface area contributed by atoms with Crippen molar-refractivity contribution >= 4 is 12.0 Å². The van der Waals surface area contributed by atoms with Gasteiger partial charge in [-0.05, 0) is 24.1 Å². The van der Waals surface area contributed by atoms with Crippen LogP contribution in [0.4, 0.5) is 4.79 Å². The Morgan fingerprint density at radius 1 is 0.905 bits per heavy atom. The van der Waals surface area contributed by atoms with Crippen molar-refractivity contribution in [3.8, 4) is 0 Å². The quantitative estimate of drug-likeness (QED) is 0.847. The number of hydroxylamine groups is 1. The van der Waals surface area contributed by atoms with Crippen molar-refractivity contribution in [1.29, 1.82) is 0 Å². The molecule has 2 aromatic rings. The monoisotopic (exact) mass is 284 g/mol. The molecular weight excluding hydrogens is 268 g/mol. The summed E-state index contributed by atoms with van der Waals surface area (Å²) in [5.74, 6) is -0.603. The molecule has 0 heterocycles. The van der Waals surface area contributed by atoms with Gasteiger partial charge in [-0.25, -0.2) is 9.59 Å². The number of benzene rings is 2. The second-order valence-corrected chi connectivity index (χ2v) is 4.35. The van der Waals surface area contributed by atoms with Crippen LogP contribution in [0.2, 0.25) is 0 Å². The maximum absolute atomic E-state index is 11.6. The van der Waals surface area contributed by atoms with Gasteiger partial charge in [-0.2, -0.15) is 5.48 Å². The smallest absolute Gasteiger partial charge is 0.335 e. The van der Waals surface area contributed by atoms with Crippen LogP contribution < -0.4 is 10.8 Å². The van der Waals surface area contributed by atoms with E-state index in [2.05, 4.69) is 10.8 Å². The zero-order valence-corrected chi connectivity index (χ0v) is 11.4. The van der Waals surface area contributed by atoms with E-state index in [1.165, 1.54) is 0 Å². The summed E-state index contributed by atoms with van der Waals surface area (Å²) in [4.78, 5) is 27.7. The molecule has 0 atom stereocenters. The molecule has 2 amide bonds. The molecule has 0 aromatic heterocycles. The Hall–Kier alpha value is -2.82. The SMILES string of the molecule is O=C(NCCc1ccccc1)NOC(=O)c1ccccc1. The highest BCUT2D eigenvalue weighted by atomic mass is 16.7. The molecule has 0 saturated heterocycles. The third kappa shape index (κ3) is 4.99. The van der Waals surface area contributed by atoms with Gasteiger partial charge >= 0.3 is 12.0 Å². The topological polar surface area (TPSA) is 67.4 Å². The fraction of sp³-hybridized carbons (Fsp3) is 0.125. The number of rotatable bonds is 4. The minimum atomic E-state index is -0.603. The van der Waals surface area contributed by atoms with Crippen molar-refractivity contribution < 1.29 is 14.4 Å². The number of carbonyl (C=O) groups is 2. The van der Waals surface area contributed by atoms with Gasteiger partial charge in [0.15, 0.2) is 0 Å². The van der Waals surface area contributed by atoms with Gasteiger partial charge in [0.1, 0.15) is 0 Å². The molecule has 5 heteroatoms. The maximum atomic E-state index is 11.6. The molecule has 0 saturated carbocycles. The summed E-state index contributed by atoms with van der Waals surface area (Å²) >= 11 is 0. The highest BCUT2D eigenvalue weighted by molar-refractivity contribution is 5.90. The van der Waals surface area contributed by atoms with E-state index in [0.29, 0.717) is 18.5 Å². The average molecular weight is 284 g/mol. The first-order chi connectivity index (χ1) is 10.3. The number of hydrogen-bond donors (Lipinski definition) is 2. The Bertz CT molecular complexity index is 585. The van der Waals surface area contributed by atoms with Gasteiger partial charge in [0.05, 0.1) is 5.56 Å². The molecule has 0 aliphatic carbocycles. The van der Waals surface area contributed by atoms with Crippen LogP contribution in [0.3, 0.4) is 0 Å². The predicted molar refractivity (Wildman–Crippen MR) is 78.5 cm³/mol. The summed E-state index contributed by atoms with van der Waals surface area (Å²) in [5, 5.41) is 2.61. The highest BCUT2D eigenvalue weighted by Crippen LogP contribution is 2.00. The lowest BCUT2D eigenvalue weighted by atomic mass is 10.1. The third-order valence-electron chi connectivity index (χ3n) is 2.79. The van der Waals surface area contributed by atoms with Gasteiger partial charge in [0, 0.05) is 6.54 Å². The van der Waals surface area contributed by atoms with E-state index in [9.17, 15) is 9.59 Å². The summed E-state index contributed by atoms with van der Waals surface area (Å²) < 4.78 is 0. The lowest BCUT2D eigenvalue weighted by Crippen LogP contribution is -2.37. The lowest BCUT2D eigenvalue weighted by molar-refractivity contribution is 0.0326. The molecule has 0 unspecified atom stereocenters. The van der Waals surface area contributed by atoms with E-state index in [0.717, 1.165) is 5.56 Å². The first-order valence-corrected chi connectivity index (χ1v) is 6.59. The molecule has 0 spiro atoms. The molecule has 0 aliphatic heterocycles. The number of nitrogens with one attached hydrogen (secondary N) is 2. The zero-order chi connectivity index (χ0) is 14.9. The molecule has 0 radical (unpaired) electrons. The summed E-state index contributed by atoms with van der Waals surface area (Å²) in [5.41, 5.74) is 3.57. The maximum Gasteiger partial charge on any atom is 0.363 e. The molecule has 5 nitrogen and oxygen atoms in total. The Morgan fingerprint density at radius 3 is 2.19 bits per heavy atom. The molecule has 2 rings (SSSR count). The highest BCUT2D eigenvalue weighted by Gasteiger charge is 2.08. The Balaban J connectivity index is 1.67. The van der Waals surface area contributed by atoms with Crippen LogP contribution in [-0.2, 0) is 11.3 Å². The molecule has 0 aliphatic rings. The second kappa shape index (κ2) is 7.69. The van der Waals surface area contributed by atoms with E-state index in [1.807, 2.05) is 30.3 Å². The summed E-state index contributed by atoms with van der Waals surface area (Å²) in [6.45, 7) is 0.457. The predicted octanol–water partition coefficient (Wildman–Crippen LogP) is 2.30. The van der Waals surface area contributed by atoms with Crippen molar-refractivity contribution in [1.82, 2.24) is 10.8 Å². The number of carbonyl (C=O) groups excluding carboxylic acids is 2. The van der Waals surface area contributed by atoms with E-state index in [1.54, 1.807) is 30.3 Å². The number of amides is 2. The largest absolute Gasteiger partial charge is 0.363 e. The van der Waals surface area contributed by atoms with Gasteiger partial charge in [0.2, 0.25) is 0 Å². The van der Waals surface area contributed by atoms with Crippen LogP contribution in [0.25, 0.3) is 0 Å². The standard InChI is InChI=1S/C16H16N2O3/c19-15(14-9-5-2-6-10-14)21-18-16(20)17-12-11-13-7-3-1-4-8-13/h1-10H,11-12H2,(H2,17,18,20). The van der Waals surface area contributed by atoms with Crippen LogP contribution in [0, 0.1) is 0 Å². The van der Waals surface area contributed by atoms with Crippen LogP contribution in [0.5, 0.6) is 0 Å². The van der Waals surface area contributed by atoms with Crippen LogP contribution in [0.15, 0.2) is 60.7 Å². The van der Waals surface area contributed by atoms with Crippen LogP contribution in [-0.4, -0.2) is 18.5 Å². The molecule has 0 bridgehead atoms. The lowest BCUT2D eigenvalue weighted by Gasteiger charge is -2.07. The van der Waals surface area contributed by atoms with Gasteiger partial charge in [0.25, 0.3) is 0 Å². The Kier molecular flexibility index (Phi) is 5.34. The fourth-order valence-electron chi connectivity index (χ4n) is 1.73. The van der Waals surface area contributed by atoms with Crippen molar-refractivity contribution in [2.24, 2.45) is 0 Å². The summed E-state index contributed by atoms with van der Waals surface area (Å²) in [6, 6.07) is 17.7. The Labute approximate surface area is 122 Å². The van der Waals surface area contributed by atoms with Crippen molar-refractivity contribution in [3.63, 3.8) is 0 Å². The minimum absolute atomic E-state index is 0.377. The van der Waals surface area contributed by atoms with E-state index >= 15 is 0 Å². The second-order valence-electron chi connectivity index (χ2n) is 4.35. The van der Waals surface area contributed by atoms with E-state index in [-0.39, 0.29) is 0 Å². The third-order valence-corrected chi connectivity index (χ3v) is 2.79. The molecule has 2 N–H and O–H groups in total. The van der Waals surface area contributed by atoms with Crippen molar-refractivity contribution in [3.05, 3.63) is 71.8 Å². The molecule has 108 valence electrons. The van der Waals surface area contributed by atoms with Gasteiger partial charge < -0.3 is 10.2 Å². The first kappa shape index (κ1) is 14.6. The van der Waals surface area contributed by atoms with Crippen molar-refractivity contribution in [2.75, 3.05) is 6.54 Å². The van der Waals surface area contributed by atoms with Crippen molar-refractivity contribution in [2.45, 2.75) is 6.42 Å². The normalized spacial score (nSPS) is 9.71. The molecule has 21 heavy (non-hydrogen) atoms. The molecule has 2 aromatic carbocycles. The summed E-state index contributed by atoms with van der Waals surface area (Å²) in [6.07, 6.45) is 0.709. The van der Waals surface area contributed by atoms with E-state index < -0.39 is 12.0 Å². The zero-order valence-electron chi connectivity index (χ0n) is 11.4. The van der Waals surface area contributed by atoms with Crippen LogP contribution >= 0.6 is 0 Å². The fourth-order valence-corrected chi connectivity index (χ4v) is 1.73. The minimum Gasteiger partial charge on any atom is -0.335 e. The summed E-state index contributed by atoms with van der Waals surface area (Å²) in [7, 11) is 0. The van der Waals surface area contributed by atoms with Crippen LogP contribution in [0.1, 0.15) is 15.9 Å². The number of hydrogen-bond acceptors (Lipinski definition) is 3. The molecular formula is C16H16N2O3.